The Bertz CT molecular complexity index is 1110. The Balaban J connectivity index is 0.00000131. The fourth-order valence-electron chi connectivity index (χ4n) is 4.60. The molecule has 0 aliphatic carbocycles. The van der Waals surface area contributed by atoms with E-state index in [1.807, 2.05) is 52.8 Å². The first-order chi connectivity index (χ1) is 19.3. The second-order valence-electron chi connectivity index (χ2n) is 9.65. The standard InChI is InChI=1S/C27H36N4O5.C3H8S/c1-3-8-24(32)28-15-26(34)31-14-7-12-22(31)18-30(19-25(33)29-16-27(35)36-2)17-21-11-6-10-20-9-4-5-13-23(20)21;1-3-4-2/h4-6,9-11,13,22H,3,7-8,12,14-19H2,1-2H3,(H,28,32)(H,29,33);3H2,1-2H3. The van der Waals surface area contributed by atoms with Crippen LogP contribution in [0.15, 0.2) is 42.5 Å². The Hall–Kier alpha value is -3.11. The highest BCUT2D eigenvalue weighted by molar-refractivity contribution is 7.98. The van der Waals surface area contributed by atoms with E-state index in [-0.39, 0.29) is 43.4 Å². The van der Waals surface area contributed by atoms with Crippen molar-refractivity contribution in [3.05, 3.63) is 48.0 Å². The Morgan fingerprint density at radius 3 is 2.42 bits per heavy atom. The van der Waals surface area contributed by atoms with E-state index in [1.54, 1.807) is 0 Å². The predicted molar refractivity (Wildman–Crippen MR) is 161 cm³/mol. The summed E-state index contributed by atoms with van der Waals surface area (Å²) < 4.78 is 4.61. The fraction of sp³-hybridized carbons (Fsp3) is 0.533. The number of nitrogens with zero attached hydrogens (tertiary/aromatic N) is 2. The fourth-order valence-corrected chi connectivity index (χ4v) is 4.60. The van der Waals surface area contributed by atoms with Gasteiger partial charge in [0.2, 0.25) is 17.7 Å². The summed E-state index contributed by atoms with van der Waals surface area (Å²) in [7, 11) is 1.28. The number of hydrogen-bond acceptors (Lipinski definition) is 7. The van der Waals surface area contributed by atoms with Crippen molar-refractivity contribution in [1.82, 2.24) is 20.4 Å². The van der Waals surface area contributed by atoms with Crippen molar-refractivity contribution in [2.75, 3.05) is 51.8 Å². The lowest BCUT2D eigenvalue weighted by Gasteiger charge is -2.31. The Morgan fingerprint density at radius 2 is 1.73 bits per heavy atom. The lowest BCUT2D eigenvalue weighted by Crippen LogP contribution is -2.48. The molecule has 2 aromatic rings. The molecular weight excluding hydrogens is 528 g/mol. The van der Waals surface area contributed by atoms with Gasteiger partial charge >= 0.3 is 5.97 Å². The summed E-state index contributed by atoms with van der Waals surface area (Å²) in [6.45, 7) is 5.58. The zero-order chi connectivity index (χ0) is 29.3. The average molecular weight is 573 g/mol. The lowest BCUT2D eigenvalue weighted by molar-refractivity contribution is -0.141. The van der Waals surface area contributed by atoms with Gasteiger partial charge in [0.05, 0.1) is 20.2 Å². The average Bonchev–Trinajstić information content (AvgIpc) is 3.43. The minimum Gasteiger partial charge on any atom is -0.468 e. The van der Waals surface area contributed by atoms with Crippen molar-refractivity contribution in [2.45, 2.75) is 52.1 Å². The first kappa shape index (κ1) is 33.1. The van der Waals surface area contributed by atoms with Crippen LogP contribution in [0.1, 0.15) is 45.1 Å². The quantitative estimate of drug-likeness (QED) is 0.355. The van der Waals surface area contributed by atoms with E-state index in [1.165, 1.54) is 12.9 Å². The number of likely N-dealkylation sites (tertiary alicyclic amines) is 1. The van der Waals surface area contributed by atoms with Crippen molar-refractivity contribution in [2.24, 2.45) is 0 Å². The van der Waals surface area contributed by atoms with Crippen LogP contribution in [0.3, 0.4) is 0 Å². The molecule has 220 valence electrons. The third-order valence-electron chi connectivity index (χ3n) is 6.67. The molecule has 9 nitrogen and oxygen atoms in total. The van der Waals surface area contributed by atoms with Gasteiger partial charge in [-0.3, -0.25) is 24.1 Å². The molecule has 1 saturated heterocycles. The third-order valence-corrected chi connectivity index (χ3v) is 7.24. The van der Waals surface area contributed by atoms with Gasteiger partial charge in [-0.1, -0.05) is 56.3 Å². The van der Waals surface area contributed by atoms with Gasteiger partial charge in [0.25, 0.3) is 0 Å². The Kier molecular flexibility index (Phi) is 15.1. The van der Waals surface area contributed by atoms with Crippen LogP contribution in [0.2, 0.25) is 0 Å². The van der Waals surface area contributed by atoms with Gasteiger partial charge in [0, 0.05) is 32.1 Å². The van der Waals surface area contributed by atoms with E-state index in [0.29, 0.717) is 26.1 Å². The van der Waals surface area contributed by atoms with Gasteiger partial charge in [-0.25, -0.2) is 0 Å². The molecule has 1 fully saturated rings. The SMILES string of the molecule is CCCC(=O)NCC(=O)N1CCCC1CN(CC(=O)NCC(=O)OC)Cc1cccc2ccccc12.CCSC. The molecular formula is C30H44N4O5S. The van der Waals surface area contributed by atoms with Crippen molar-refractivity contribution in [1.29, 1.82) is 0 Å². The topological polar surface area (TPSA) is 108 Å². The Morgan fingerprint density at radius 1 is 1.02 bits per heavy atom. The molecule has 40 heavy (non-hydrogen) atoms. The minimum atomic E-state index is -0.512. The van der Waals surface area contributed by atoms with Crippen LogP contribution < -0.4 is 10.6 Å². The lowest BCUT2D eigenvalue weighted by atomic mass is 10.0. The number of thioether (sulfide) groups is 1. The van der Waals surface area contributed by atoms with E-state index >= 15 is 0 Å². The van der Waals surface area contributed by atoms with E-state index in [2.05, 4.69) is 46.7 Å². The van der Waals surface area contributed by atoms with Crippen LogP contribution in [0.4, 0.5) is 0 Å². The van der Waals surface area contributed by atoms with Crippen molar-refractivity contribution in [3.63, 3.8) is 0 Å². The first-order valence-electron chi connectivity index (χ1n) is 13.9. The minimum absolute atomic E-state index is 0.0156. The highest BCUT2D eigenvalue weighted by atomic mass is 32.2. The first-order valence-corrected chi connectivity index (χ1v) is 15.3. The second kappa shape index (κ2) is 18.3. The van der Waals surface area contributed by atoms with E-state index in [4.69, 9.17) is 0 Å². The van der Waals surface area contributed by atoms with Crippen LogP contribution >= 0.6 is 11.8 Å². The maximum absolute atomic E-state index is 12.9. The molecule has 1 aliphatic rings. The summed E-state index contributed by atoms with van der Waals surface area (Å²) in [5.41, 5.74) is 1.08. The molecule has 3 rings (SSSR count). The molecule has 0 saturated carbocycles. The van der Waals surface area contributed by atoms with Crippen LogP contribution in [-0.4, -0.2) is 91.4 Å². The molecule has 3 amide bonds. The Labute approximate surface area is 242 Å². The largest absolute Gasteiger partial charge is 0.468 e. The van der Waals surface area contributed by atoms with Gasteiger partial charge in [0.1, 0.15) is 6.54 Å². The van der Waals surface area contributed by atoms with Crippen LogP contribution in [-0.2, 0) is 30.5 Å². The summed E-state index contributed by atoms with van der Waals surface area (Å²) in [6.07, 6.45) is 4.92. The second-order valence-corrected chi connectivity index (χ2v) is 10.8. The monoisotopic (exact) mass is 572 g/mol. The summed E-state index contributed by atoms with van der Waals surface area (Å²) in [6, 6.07) is 14.1. The third kappa shape index (κ3) is 11.2. The van der Waals surface area contributed by atoms with Gasteiger partial charge < -0.3 is 20.3 Å². The zero-order valence-electron chi connectivity index (χ0n) is 24.2. The van der Waals surface area contributed by atoms with E-state index < -0.39 is 5.97 Å². The van der Waals surface area contributed by atoms with Gasteiger partial charge in [-0.05, 0) is 47.6 Å². The maximum Gasteiger partial charge on any atom is 0.325 e. The molecule has 0 aromatic heterocycles. The zero-order valence-corrected chi connectivity index (χ0v) is 25.1. The maximum atomic E-state index is 12.9. The number of nitrogens with one attached hydrogen (secondary N) is 2. The van der Waals surface area contributed by atoms with Crippen LogP contribution in [0, 0.1) is 0 Å². The normalized spacial score (nSPS) is 14.4. The molecule has 1 atom stereocenters. The summed E-state index contributed by atoms with van der Waals surface area (Å²) in [5.74, 6) is 0.202. The number of amides is 3. The molecule has 0 spiro atoms. The van der Waals surface area contributed by atoms with Gasteiger partial charge in [-0.2, -0.15) is 11.8 Å². The van der Waals surface area contributed by atoms with Gasteiger partial charge in [-0.15, -0.1) is 0 Å². The molecule has 2 aromatic carbocycles. The number of carbonyl (C=O) groups excluding carboxylic acids is 4. The van der Waals surface area contributed by atoms with Crippen molar-refractivity contribution < 1.29 is 23.9 Å². The van der Waals surface area contributed by atoms with Crippen LogP contribution in [0.5, 0.6) is 0 Å². The van der Waals surface area contributed by atoms with Crippen molar-refractivity contribution in [3.8, 4) is 0 Å². The van der Waals surface area contributed by atoms with Crippen molar-refractivity contribution >= 4 is 46.2 Å². The number of benzene rings is 2. The molecule has 2 N–H and O–H groups in total. The number of ether oxygens (including phenoxy) is 1. The summed E-state index contributed by atoms with van der Waals surface area (Å²) in [4.78, 5) is 52.6. The number of rotatable bonds is 13. The molecule has 0 radical (unpaired) electrons. The van der Waals surface area contributed by atoms with Gasteiger partial charge in [0.15, 0.2) is 0 Å². The smallest absolute Gasteiger partial charge is 0.325 e. The summed E-state index contributed by atoms with van der Waals surface area (Å²) in [5, 5.41) is 7.54. The molecule has 1 unspecified atom stereocenters. The number of hydrogen-bond donors (Lipinski definition) is 2. The number of carbonyl (C=O) groups is 4. The number of fused-ring (bicyclic) bond motifs is 1. The molecule has 0 bridgehead atoms. The van der Waals surface area contributed by atoms with E-state index in [0.717, 1.165) is 35.6 Å². The molecule has 1 aliphatic heterocycles. The molecule has 10 heteroatoms. The summed E-state index contributed by atoms with van der Waals surface area (Å²) >= 11 is 1.86. The van der Waals surface area contributed by atoms with E-state index in [9.17, 15) is 19.2 Å². The highest BCUT2D eigenvalue weighted by Gasteiger charge is 2.31. The predicted octanol–water partition coefficient (Wildman–Crippen LogP) is 3.21. The molecule has 1 heterocycles. The number of methoxy groups -OCH3 is 1. The van der Waals surface area contributed by atoms with Crippen LogP contribution in [0.25, 0.3) is 10.8 Å². The number of esters is 1. The highest BCUT2D eigenvalue weighted by Crippen LogP contribution is 2.23.